The summed E-state index contributed by atoms with van der Waals surface area (Å²) in [7, 11) is 0. The van der Waals surface area contributed by atoms with Crippen molar-refractivity contribution in [1.29, 1.82) is 0 Å². The number of nitrogens with zero attached hydrogens (tertiary/aromatic N) is 1. The molecule has 3 nitrogen and oxygen atoms in total. The van der Waals surface area contributed by atoms with E-state index in [0.717, 1.165) is 0 Å². The van der Waals surface area contributed by atoms with Crippen molar-refractivity contribution in [2.45, 2.75) is 58.2 Å². The van der Waals surface area contributed by atoms with E-state index >= 15 is 0 Å². The van der Waals surface area contributed by atoms with Gasteiger partial charge in [0.1, 0.15) is 0 Å². The Balaban J connectivity index is 2.67. The van der Waals surface area contributed by atoms with Gasteiger partial charge >= 0.3 is 0 Å². The first-order valence-electron chi connectivity index (χ1n) is 5.10. The van der Waals surface area contributed by atoms with Crippen LogP contribution in [0.15, 0.2) is 0 Å². The van der Waals surface area contributed by atoms with Crippen molar-refractivity contribution in [1.82, 2.24) is 4.90 Å². The highest BCUT2D eigenvalue weighted by Gasteiger charge is 2.30. The first kappa shape index (κ1) is 10.5. The lowest BCUT2D eigenvalue weighted by atomic mass is 9.95. The molecule has 1 fully saturated rings. The fraction of sp³-hybridized carbons (Fsp3) is 0.900. The standard InChI is InChI=1S/C10H20N2O/c1-7-5-4-6-8(2)12(7)9(3)10(11)13/h7-9H,4-6H2,1-3H3,(H2,11,13). The molecule has 0 radical (unpaired) electrons. The number of hydrogen-bond donors (Lipinski definition) is 1. The van der Waals surface area contributed by atoms with Gasteiger partial charge in [-0.3, -0.25) is 9.69 Å². The van der Waals surface area contributed by atoms with Crippen LogP contribution in [0.1, 0.15) is 40.0 Å². The van der Waals surface area contributed by atoms with Gasteiger partial charge in [-0.1, -0.05) is 6.42 Å². The summed E-state index contributed by atoms with van der Waals surface area (Å²) in [5.41, 5.74) is 5.31. The van der Waals surface area contributed by atoms with Crippen LogP contribution >= 0.6 is 0 Å². The predicted molar refractivity (Wildman–Crippen MR) is 53.3 cm³/mol. The van der Waals surface area contributed by atoms with Gasteiger partial charge in [0.2, 0.25) is 5.91 Å². The molecule has 3 unspecified atom stereocenters. The van der Waals surface area contributed by atoms with E-state index in [1.165, 1.54) is 19.3 Å². The zero-order valence-electron chi connectivity index (χ0n) is 8.79. The summed E-state index contributed by atoms with van der Waals surface area (Å²) in [5.74, 6) is -0.208. The quantitative estimate of drug-likeness (QED) is 0.699. The first-order chi connectivity index (χ1) is 6.04. The molecular weight excluding hydrogens is 164 g/mol. The molecule has 76 valence electrons. The summed E-state index contributed by atoms with van der Waals surface area (Å²) in [6.45, 7) is 6.25. The number of amides is 1. The Bertz CT molecular complexity index is 183. The molecule has 0 saturated carbocycles. The largest absolute Gasteiger partial charge is 0.368 e. The van der Waals surface area contributed by atoms with Gasteiger partial charge in [-0.2, -0.15) is 0 Å². The summed E-state index contributed by atoms with van der Waals surface area (Å²) in [5, 5.41) is 0. The van der Waals surface area contributed by atoms with Crippen molar-refractivity contribution in [3.05, 3.63) is 0 Å². The summed E-state index contributed by atoms with van der Waals surface area (Å²) in [4.78, 5) is 13.3. The number of primary amides is 1. The number of carbonyl (C=O) groups is 1. The molecule has 1 aliphatic heterocycles. The molecule has 0 spiro atoms. The molecule has 0 aliphatic carbocycles. The minimum Gasteiger partial charge on any atom is -0.368 e. The third-order valence-corrected chi connectivity index (χ3v) is 3.12. The van der Waals surface area contributed by atoms with E-state index in [2.05, 4.69) is 18.7 Å². The van der Waals surface area contributed by atoms with E-state index in [-0.39, 0.29) is 11.9 Å². The van der Waals surface area contributed by atoms with Crippen molar-refractivity contribution in [3.8, 4) is 0 Å². The number of nitrogens with two attached hydrogens (primary N) is 1. The zero-order valence-corrected chi connectivity index (χ0v) is 8.79. The second-order valence-corrected chi connectivity index (χ2v) is 4.15. The summed E-state index contributed by atoms with van der Waals surface area (Å²) >= 11 is 0. The molecule has 1 saturated heterocycles. The van der Waals surface area contributed by atoms with Crippen LogP contribution in [0.25, 0.3) is 0 Å². The van der Waals surface area contributed by atoms with Crippen LogP contribution in [0.5, 0.6) is 0 Å². The number of likely N-dealkylation sites (tertiary alicyclic amines) is 1. The zero-order chi connectivity index (χ0) is 10.0. The fourth-order valence-corrected chi connectivity index (χ4v) is 2.35. The molecule has 1 heterocycles. The Morgan fingerprint density at radius 2 is 1.85 bits per heavy atom. The first-order valence-corrected chi connectivity index (χ1v) is 5.10. The molecule has 13 heavy (non-hydrogen) atoms. The number of rotatable bonds is 2. The minimum atomic E-state index is -0.208. The second kappa shape index (κ2) is 4.09. The maximum Gasteiger partial charge on any atom is 0.234 e. The smallest absolute Gasteiger partial charge is 0.234 e. The summed E-state index contributed by atoms with van der Waals surface area (Å²) in [6.07, 6.45) is 3.63. The van der Waals surface area contributed by atoms with Gasteiger partial charge in [-0.05, 0) is 33.6 Å². The highest BCUT2D eigenvalue weighted by atomic mass is 16.1. The average molecular weight is 184 g/mol. The number of hydrogen-bond acceptors (Lipinski definition) is 2. The number of piperidine rings is 1. The van der Waals surface area contributed by atoms with Crippen LogP contribution in [0, 0.1) is 0 Å². The van der Waals surface area contributed by atoms with Gasteiger partial charge in [0.25, 0.3) is 0 Å². The average Bonchev–Trinajstić information content (AvgIpc) is 2.03. The van der Waals surface area contributed by atoms with Crippen molar-refractivity contribution in [3.63, 3.8) is 0 Å². The molecule has 3 atom stereocenters. The van der Waals surface area contributed by atoms with E-state index in [4.69, 9.17) is 5.73 Å². The Morgan fingerprint density at radius 3 is 2.23 bits per heavy atom. The maximum absolute atomic E-state index is 11.1. The molecule has 0 aromatic heterocycles. The van der Waals surface area contributed by atoms with Gasteiger partial charge in [0.15, 0.2) is 0 Å². The van der Waals surface area contributed by atoms with Crippen molar-refractivity contribution < 1.29 is 4.79 Å². The van der Waals surface area contributed by atoms with E-state index in [9.17, 15) is 4.79 Å². The molecule has 0 aromatic carbocycles. The van der Waals surface area contributed by atoms with E-state index < -0.39 is 0 Å². The lowest BCUT2D eigenvalue weighted by Gasteiger charge is -2.41. The van der Waals surface area contributed by atoms with Crippen LogP contribution in [0.3, 0.4) is 0 Å². The summed E-state index contributed by atoms with van der Waals surface area (Å²) < 4.78 is 0. The van der Waals surface area contributed by atoms with Gasteiger partial charge in [0, 0.05) is 12.1 Å². The third-order valence-electron chi connectivity index (χ3n) is 3.12. The van der Waals surface area contributed by atoms with Crippen LogP contribution in [0.2, 0.25) is 0 Å². The SMILES string of the molecule is CC1CCCC(C)N1C(C)C(N)=O. The molecular formula is C10H20N2O. The van der Waals surface area contributed by atoms with E-state index in [1.54, 1.807) is 0 Å². The Hall–Kier alpha value is -0.570. The third kappa shape index (κ3) is 2.21. The number of carbonyl (C=O) groups excluding carboxylic acids is 1. The monoisotopic (exact) mass is 184 g/mol. The van der Waals surface area contributed by atoms with Gasteiger partial charge in [-0.15, -0.1) is 0 Å². The Morgan fingerprint density at radius 1 is 1.38 bits per heavy atom. The lowest BCUT2D eigenvalue weighted by molar-refractivity contribution is -0.125. The van der Waals surface area contributed by atoms with E-state index in [0.29, 0.717) is 12.1 Å². The van der Waals surface area contributed by atoms with Crippen LogP contribution in [0.4, 0.5) is 0 Å². The molecule has 0 aromatic rings. The fourth-order valence-electron chi connectivity index (χ4n) is 2.35. The van der Waals surface area contributed by atoms with E-state index in [1.807, 2.05) is 6.92 Å². The van der Waals surface area contributed by atoms with Crippen molar-refractivity contribution in [2.75, 3.05) is 0 Å². The molecule has 1 amide bonds. The van der Waals surface area contributed by atoms with Gasteiger partial charge in [0.05, 0.1) is 6.04 Å². The lowest BCUT2D eigenvalue weighted by Crippen LogP contribution is -2.53. The molecule has 2 N–H and O–H groups in total. The normalized spacial score (nSPS) is 32.8. The summed E-state index contributed by atoms with van der Waals surface area (Å²) in [6, 6.07) is 0.864. The van der Waals surface area contributed by atoms with Crippen molar-refractivity contribution >= 4 is 5.91 Å². The van der Waals surface area contributed by atoms with Gasteiger partial charge in [-0.25, -0.2) is 0 Å². The minimum absolute atomic E-state index is 0.120. The Labute approximate surface area is 80.3 Å². The molecule has 1 aliphatic rings. The second-order valence-electron chi connectivity index (χ2n) is 4.15. The topological polar surface area (TPSA) is 46.3 Å². The molecule has 0 bridgehead atoms. The van der Waals surface area contributed by atoms with Gasteiger partial charge < -0.3 is 5.73 Å². The van der Waals surface area contributed by atoms with Crippen LogP contribution < -0.4 is 5.73 Å². The Kier molecular flexibility index (Phi) is 3.31. The van der Waals surface area contributed by atoms with Crippen LogP contribution in [-0.2, 0) is 4.79 Å². The highest BCUT2D eigenvalue weighted by molar-refractivity contribution is 5.79. The predicted octanol–water partition coefficient (Wildman–Crippen LogP) is 1.12. The maximum atomic E-state index is 11.1. The van der Waals surface area contributed by atoms with Crippen LogP contribution in [-0.4, -0.2) is 28.9 Å². The molecule has 1 rings (SSSR count). The highest BCUT2D eigenvalue weighted by Crippen LogP contribution is 2.24. The van der Waals surface area contributed by atoms with Crippen molar-refractivity contribution in [2.24, 2.45) is 5.73 Å². The molecule has 3 heteroatoms.